The molecular weight excluding hydrogens is 330 g/mol. The van der Waals surface area contributed by atoms with E-state index in [0.29, 0.717) is 16.4 Å². The molecule has 0 radical (unpaired) electrons. The van der Waals surface area contributed by atoms with Crippen molar-refractivity contribution in [2.24, 2.45) is 0 Å². The number of nitrogens with zero attached hydrogens (tertiary/aromatic N) is 1. The molecule has 0 saturated heterocycles. The van der Waals surface area contributed by atoms with Gasteiger partial charge in [-0.25, -0.2) is 22.3 Å². The number of hydrogen-bond acceptors (Lipinski definition) is 4. The van der Waals surface area contributed by atoms with Crippen LogP contribution in [0.2, 0.25) is 0 Å². The van der Waals surface area contributed by atoms with Gasteiger partial charge in [0, 0.05) is 12.2 Å². The third-order valence-electron chi connectivity index (χ3n) is 3.58. The average molecular weight is 355 g/mol. The van der Waals surface area contributed by atoms with Gasteiger partial charge in [0.1, 0.15) is 0 Å². The summed E-state index contributed by atoms with van der Waals surface area (Å²) in [6, 6.07) is 3.61. The Morgan fingerprint density at radius 3 is 2.33 bits per heavy atom. The standard InChI is InChI=1S/C16H25N3O4S/c1-5-6-7-10-19(24(4,22)23)16(21)18-15(20)17-14-9-8-12(2)13(3)11-14/h8-9,11H,5-7,10H2,1-4H3,(H2,17,18,20,21). The second-order valence-corrected chi connectivity index (χ2v) is 7.63. The molecule has 1 aromatic carbocycles. The molecular formula is C16H25N3O4S. The van der Waals surface area contributed by atoms with E-state index in [2.05, 4.69) is 10.6 Å². The Balaban J connectivity index is 2.71. The average Bonchev–Trinajstić information content (AvgIpc) is 2.46. The molecule has 0 fully saturated rings. The zero-order chi connectivity index (χ0) is 18.3. The minimum absolute atomic E-state index is 0.0510. The van der Waals surface area contributed by atoms with Crippen LogP contribution >= 0.6 is 0 Å². The second-order valence-electron chi connectivity index (χ2n) is 5.73. The van der Waals surface area contributed by atoms with Gasteiger partial charge in [0.15, 0.2) is 0 Å². The Hall–Kier alpha value is -2.09. The molecule has 0 aliphatic heterocycles. The Labute approximate surface area is 143 Å². The van der Waals surface area contributed by atoms with E-state index < -0.39 is 22.1 Å². The van der Waals surface area contributed by atoms with Crippen molar-refractivity contribution in [3.8, 4) is 0 Å². The monoisotopic (exact) mass is 355 g/mol. The number of carbonyl (C=O) groups excluding carboxylic acids is 2. The normalized spacial score (nSPS) is 11.0. The van der Waals surface area contributed by atoms with Crippen molar-refractivity contribution >= 4 is 27.8 Å². The summed E-state index contributed by atoms with van der Waals surface area (Å²) < 4.78 is 24.1. The summed E-state index contributed by atoms with van der Waals surface area (Å²) in [5.41, 5.74) is 2.60. The Kier molecular flexibility index (Phi) is 7.21. The summed E-state index contributed by atoms with van der Waals surface area (Å²) in [6.07, 6.45) is 3.19. The number of rotatable bonds is 6. The number of anilines is 1. The number of sulfonamides is 1. The summed E-state index contributed by atoms with van der Waals surface area (Å²) in [5, 5.41) is 4.58. The molecule has 0 aromatic heterocycles. The van der Waals surface area contributed by atoms with Gasteiger partial charge in [-0.15, -0.1) is 0 Å². The minimum atomic E-state index is -3.73. The van der Waals surface area contributed by atoms with Gasteiger partial charge in [-0.1, -0.05) is 25.8 Å². The molecule has 134 valence electrons. The van der Waals surface area contributed by atoms with Gasteiger partial charge in [-0.05, 0) is 43.5 Å². The van der Waals surface area contributed by atoms with E-state index in [0.717, 1.165) is 30.2 Å². The number of amides is 4. The molecule has 0 bridgehead atoms. The van der Waals surface area contributed by atoms with Gasteiger partial charge in [-0.3, -0.25) is 5.32 Å². The second kappa shape index (κ2) is 8.68. The lowest BCUT2D eigenvalue weighted by Crippen LogP contribution is -2.47. The van der Waals surface area contributed by atoms with Crippen LogP contribution in [0.1, 0.15) is 37.3 Å². The van der Waals surface area contributed by atoms with Crippen molar-refractivity contribution in [3.63, 3.8) is 0 Å². The SMILES string of the molecule is CCCCCN(C(=O)NC(=O)Nc1ccc(C)c(C)c1)S(C)(=O)=O. The van der Waals surface area contributed by atoms with E-state index >= 15 is 0 Å². The zero-order valence-corrected chi connectivity index (χ0v) is 15.4. The number of imide groups is 1. The number of aryl methyl sites for hydroxylation is 2. The lowest BCUT2D eigenvalue weighted by molar-refractivity contribution is 0.219. The quantitative estimate of drug-likeness (QED) is 0.767. The Bertz CT molecular complexity index is 701. The fraction of sp³-hybridized carbons (Fsp3) is 0.500. The van der Waals surface area contributed by atoms with Crippen molar-refractivity contribution in [1.29, 1.82) is 0 Å². The number of urea groups is 2. The number of unbranched alkanes of at least 4 members (excludes halogenated alkanes) is 2. The fourth-order valence-electron chi connectivity index (χ4n) is 2.06. The molecule has 0 saturated carbocycles. The van der Waals surface area contributed by atoms with E-state index in [-0.39, 0.29) is 6.54 Å². The molecule has 0 aliphatic carbocycles. The predicted molar refractivity (Wildman–Crippen MR) is 94.5 cm³/mol. The van der Waals surface area contributed by atoms with Crippen LogP contribution in [0.15, 0.2) is 18.2 Å². The number of benzene rings is 1. The molecule has 0 aliphatic rings. The highest BCUT2D eigenvalue weighted by Crippen LogP contribution is 2.14. The predicted octanol–water partition coefficient (Wildman–Crippen LogP) is 3.00. The molecule has 2 N–H and O–H groups in total. The van der Waals surface area contributed by atoms with Crippen LogP contribution in [0.3, 0.4) is 0 Å². The topological polar surface area (TPSA) is 95.6 Å². The Morgan fingerprint density at radius 1 is 1.12 bits per heavy atom. The largest absolute Gasteiger partial charge is 0.339 e. The maximum absolute atomic E-state index is 12.1. The minimum Gasteiger partial charge on any atom is -0.308 e. The number of carbonyl (C=O) groups is 2. The van der Waals surface area contributed by atoms with Gasteiger partial charge >= 0.3 is 12.1 Å². The van der Waals surface area contributed by atoms with Crippen molar-refractivity contribution in [1.82, 2.24) is 9.62 Å². The molecule has 4 amide bonds. The first-order chi connectivity index (χ1) is 11.1. The highest BCUT2D eigenvalue weighted by atomic mass is 32.2. The highest BCUT2D eigenvalue weighted by Gasteiger charge is 2.24. The van der Waals surface area contributed by atoms with Crippen LogP contribution < -0.4 is 10.6 Å². The first kappa shape index (κ1) is 20.0. The van der Waals surface area contributed by atoms with E-state index in [1.807, 2.05) is 26.8 Å². The molecule has 0 atom stereocenters. The molecule has 0 heterocycles. The summed E-state index contributed by atoms with van der Waals surface area (Å²) in [7, 11) is -3.73. The van der Waals surface area contributed by atoms with Crippen molar-refractivity contribution in [3.05, 3.63) is 29.3 Å². The third-order valence-corrected chi connectivity index (χ3v) is 4.73. The Morgan fingerprint density at radius 2 is 1.79 bits per heavy atom. The van der Waals surface area contributed by atoms with E-state index in [9.17, 15) is 18.0 Å². The third kappa shape index (κ3) is 6.19. The maximum atomic E-state index is 12.1. The molecule has 0 unspecified atom stereocenters. The van der Waals surface area contributed by atoms with Crippen LogP contribution in [0, 0.1) is 13.8 Å². The number of nitrogens with one attached hydrogen (secondary N) is 2. The van der Waals surface area contributed by atoms with Crippen molar-refractivity contribution in [2.45, 2.75) is 40.0 Å². The van der Waals surface area contributed by atoms with Crippen molar-refractivity contribution in [2.75, 3.05) is 18.1 Å². The summed E-state index contributed by atoms with van der Waals surface area (Å²) >= 11 is 0. The van der Waals surface area contributed by atoms with Gasteiger partial charge in [0.2, 0.25) is 10.0 Å². The summed E-state index contributed by atoms with van der Waals surface area (Å²) in [5.74, 6) is 0. The lowest BCUT2D eigenvalue weighted by Gasteiger charge is -2.20. The van der Waals surface area contributed by atoms with Gasteiger partial charge in [0.05, 0.1) is 6.26 Å². The van der Waals surface area contributed by atoms with Crippen LogP contribution in [-0.2, 0) is 10.0 Å². The maximum Gasteiger partial charge on any atom is 0.339 e. The fourth-order valence-corrected chi connectivity index (χ4v) is 2.87. The van der Waals surface area contributed by atoms with Crippen LogP contribution in [0.4, 0.5) is 15.3 Å². The van der Waals surface area contributed by atoms with Crippen molar-refractivity contribution < 1.29 is 18.0 Å². The van der Waals surface area contributed by atoms with Gasteiger partial charge < -0.3 is 5.32 Å². The first-order valence-corrected chi connectivity index (χ1v) is 9.67. The smallest absolute Gasteiger partial charge is 0.308 e. The van der Waals surface area contributed by atoms with Crippen LogP contribution in [0.5, 0.6) is 0 Å². The molecule has 7 nitrogen and oxygen atoms in total. The molecule has 0 spiro atoms. The van der Waals surface area contributed by atoms with Crippen LogP contribution in [-0.4, -0.2) is 37.6 Å². The zero-order valence-electron chi connectivity index (χ0n) is 14.5. The summed E-state index contributed by atoms with van der Waals surface area (Å²) in [4.78, 5) is 24.0. The summed E-state index contributed by atoms with van der Waals surface area (Å²) in [6.45, 7) is 5.88. The molecule has 1 aromatic rings. The van der Waals surface area contributed by atoms with E-state index in [4.69, 9.17) is 0 Å². The molecule has 24 heavy (non-hydrogen) atoms. The number of hydrogen-bond donors (Lipinski definition) is 2. The molecule has 8 heteroatoms. The van der Waals surface area contributed by atoms with E-state index in [1.54, 1.807) is 12.1 Å². The van der Waals surface area contributed by atoms with Gasteiger partial charge in [0.25, 0.3) is 0 Å². The highest BCUT2D eigenvalue weighted by molar-refractivity contribution is 7.88. The lowest BCUT2D eigenvalue weighted by atomic mass is 10.1. The van der Waals surface area contributed by atoms with Gasteiger partial charge in [-0.2, -0.15) is 0 Å². The molecule has 1 rings (SSSR count). The van der Waals surface area contributed by atoms with Crippen LogP contribution in [0.25, 0.3) is 0 Å². The van der Waals surface area contributed by atoms with E-state index in [1.165, 1.54) is 0 Å². The first-order valence-electron chi connectivity index (χ1n) is 7.82.